The molecule has 5 nitrogen and oxygen atoms in total. The summed E-state index contributed by atoms with van der Waals surface area (Å²) in [5.41, 5.74) is 2.89. The van der Waals surface area contributed by atoms with Crippen LogP contribution in [0.15, 0.2) is 41.1 Å². The van der Waals surface area contributed by atoms with Crippen molar-refractivity contribution in [1.82, 2.24) is 14.7 Å². The second-order valence-corrected chi connectivity index (χ2v) is 7.26. The first-order chi connectivity index (χ1) is 12.6. The van der Waals surface area contributed by atoms with Crippen LogP contribution in [0.5, 0.6) is 0 Å². The number of aryl methyl sites for hydroxylation is 3. The SMILES string of the molecule is Cc1ccc2c(C)c(C(=O)N3CCCCC3CCn3cccn3)oc2c1. The van der Waals surface area contributed by atoms with E-state index < -0.39 is 0 Å². The third kappa shape index (κ3) is 3.14. The number of aromatic nitrogens is 2. The molecule has 4 rings (SSSR count). The van der Waals surface area contributed by atoms with Gasteiger partial charge in [-0.1, -0.05) is 12.1 Å². The van der Waals surface area contributed by atoms with Gasteiger partial charge in [-0.25, -0.2) is 0 Å². The van der Waals surface area contributed by atoms with E-state index >= 15 is 0 Å². The molecule has 1 aliphatic heterocycles. The van der Waals surface area contributed by atoms with Crippen molar-refractivity contribution in [3.63, 3.8) is 0 Å². The number of rotatable bonds is 4. The van der Waals surface area contributed by atoms with Crippen molar-refractivity contribution in [3.8, 4) is 0 Å². The molecule has 0 radical (unpaired) electrons. The molecule has 1 aliphatic rings. The number of furan rings is 1. The lowest BCUT2D eigenvalue weighted by Gasteiger charge is -2.35. The molecule has 3 aromatic rings. The number of amides is 1. The first-order valence-electron chi connectivity index (χ1n) is 9.41. The lowest BCUT2D eigenvalue weighted by atomic mass is 9.98. The average Bonchev–Trinajstić information content (AvgIpc) is 3.27. The highest BCUT2D eigenvalue weighted by Crippen LogP contribution is 2.29. The van der Waals surface area contributed by atoms with Crippen molar-refractivity contribution in [3.05, 3.63) is 53.5 Å². The van der Waals surface area contributed by atoms with Gasteiger partial charge in [-0.3, -0.25) is 9.48 Å². The highest BCUT2D eigenvalue weighted by atomic mass is 16.3. The van der Waals surface area contributed by atoms with Gasteiger partial charge in [-0.15, -0.1) is 0 Å². The van der Waals surface area contributed by atoms with E-state index in [-0.39, 0.29) is 11.9 Å². The van der Waals surface area contributed by atoms with E-state index in [1.807, 2.05) is 47.8 Å². The normalized spacial score (nSPS) is 17.8. The van der Waals surface area contributed by atoms with E-state index in [0.29, 0.717) is 5.76 Å². The number of nitrogens with zero attached hydrogens (tertiary/aromatic N) is 3. The van der Waals surface area contributed by atoms with Crippen LogP contribution in [0.1, 0.15) is 47.4 Å². The minimum Gasteiger partial charge on any atom is -0.451 e. The van der Waals surface area contributed by atoms with Crippen molar-refractivity contribution in [2.24, 2.45) is 0 Å². The number of fused-ring (bicyclic) bond motifs is 1. The Hall–Kier alpha value is -2.56. The van der Waals surface area contributed by atoms with Crippen LogP contribution in [-0.4, -0.2) is 33.2 Å². The highest BCUT2D eigenvalue weighted by molar-refractivity contribution is 5.99. The second-order valence-electron chi connectivity index (χ2n) is 7.26. The Balaban J connectivity index is 1.57. The maximum atomic E-state index is 13.3. The van der Waals surface area contributed by atoms with E-state index in [4.69, 9.17) is 4.42 Å². The predicted octanol–water partition coefficient (Wildman–Crippen LogP) is 4.33. The quantitative estimate of drug-likeness (QED) is 0.703. The van der Waals surface area contributed by atoms with Gasteiger partial charge in [0.25, 0.3) is 5.91 Å². The minimum absolute atomic E-state index is 0.0292. The summed E-state index contributed by atoms with van der Waals surface area (Å²) in [6, 6.07) is 8.29. The molecule has 0 aliphatic carbocycles. The molecule has 1 amide bonds. The molecule has 1 fully saturated rings. The van der Waals surface area contributed by atoms with Crippen molar-refractivity contribution >= 4 is 16.9 Å². The lowest BCUT2D eigenvalue weighted by Crippen LogP contribution is -2.44. The van der Waals surface area contributed by atoms with Gasteiger partial charge in [-0.2, -0.15) is 5.10 Å². The first-order valence-corrected chi connectivity index (χ1v) is 9.41. The maximum Gasteiger partial charge on any atom is 0.290 e. The summed E-state index contributed by atoms with van der Waals surface area (Å²) in [5, 5.41) is 5.31. The highest BCUT2D eigenvalue weighted by Gasteiger charge is 2.30. The summed E-state index contributed by atoms with van der Waals surface area (Å²) >= 11 is 0. The average molecular weight is 351 g/mol. The molecule has 0 spiro atoms. The molecule has 0 N–H and O–H groups in total. The van der Waals surface area contributed by atoms with Crippen LogP contribution < -0.4 is 0 Å². The molecule has 3 heterocycles. The van der Waals surface area contributed by atoms with Crippen molar-refractivity contribution in [2.75, 3.05) is 6.54 Å². The Morgan fingerprint density at radius 2 is 2.19 bits per heavy atom. The zero-order chi connectivity index (χ0) is 18.1. The molecule has 0 bridgehead atoms. The number of carbonyl (C=O) groups is 1. The Labute approximate surface area is 153 Å². The standard InChI is InChI=1S/C21H25N3O2/c1-15-7-8-18-16(2)20(26-19(18)14-15)21(25)24-12-4-3-6-17(24)9-13-23-11-5-10-22-23/h5,7-8,10-11,14,17H,3-4,6,9,12-13H2,1-2H3. The maximum absolute atomic E-state index is 13.3. The van der Waals surface area contributed by atoms with Crippen molar-refractivity contribution in [1.29, 1.82) is 0 Å². The number of hydrogen-bond acceptors (Lipinski definition) is 3. The monoisotopic (exact) mass is 351 g/mol. The van der Waals surface area contributed by atoms with Gasteiger partial charge in [0.1, 0.15) is 5.58 Å². The van der Waals surface area contributed by atoms with E-state index in [1.165, 1.54) is 6.42 Å². The van der Waals surface area contributed by atoms with Crippen LogP contribution in [0.25, 0.3) is 11.0 Å². The van der Waals surface area contributed by atoms with Crippen LogP contribution >= 0.6 is 0 Å². The predicted molar refractivity (Wildman–Crippen MR) is 101 cm³/mol. The summed E-state index contributed by atoms with van der Waals surface area (Å²) in [5.74, 6) is 0.526. The molecule has 1 saturated heterocycles. The fourth-order valence-corrected chi connectivity index (χ4v) is 3.95. The van der Waals surface area contributed by atoms with Gasteiger partial charge in [0.05, 0.1) is 0 Å². The molecule has 1 unspecified atom stereocenters. The van der Waals surface area contributed by atoms with Gasteiger partial charge in [0.2, 0.25) is 0 Å². The van der Waals surface area contributed by atoms with Crippen LogP contribution in [-0.2, 0) is 6.54 Å². The van der Waals surface area contributed by atoms with Gasteiger partial charge in [0.15, 0.2) is 5.76 Å². The van der Waals surface area contributed by atoms with Gasteiger partial charge < -0.3 is 9.32 Å². The summed E-state index contributed by atoms with van der Waals surface area (Å²) < 4.78 is 7.92. The largest absolute Gasteiger partial charge is 0.451 e. The third-order valence-electron chi connectivity index (χ3n) is 5.43. The topological polar surface area (TPSA) is 51.3 Å². The summed E-state index contributed by atoms with van der Waals surface area (Å²) in [6.45, 7) is 5.66. The number of benzene rings is 1. The van der Waals surface area contributed by atoms with Crippen molar-refractivity contribution < 1.29 is 9.21 Å². The molecular weight excluding hydrogens is 326 g/mol. The lowest BCUT2D eigenvalue weighted by molar-refractivity contribution is 0.0563. The summed E-state index contributed by atoms with van der Waals surface area (Å²) in [7, 11) is 0. The smallest absolute Gasteiger partial charge is 0.290 e. The molecule has 0 saturated carbocycles. The minimum atomic E-state index is 0.0292. The Morgan fingerprint density at radius 3 is 3.00 bits per heavy atom. The summed E-state index contributed by atoms with van der Waals surface area (Å²) in [6.07, 6.45) is 7.97. The second kappa shape index (κ2) is 6.98. The summed E-state index contributed by atoms with van der Waals surface area (Å²) in [4.78, 5) is 15.3. The number of carbonyl (C=O) groups excluding carboxylic acids is 1. The number of piperidine rings is 1. The molecular formula is C21H25N3O2. The zero-order valence-electron chi connectivity index (χ0n) is 15.4. The van der Waals surface area contributed by atoms with Gasteiger partial charge in [-0.05, 0) is 57.2 Å². The molecule has 136 valence electrons. The molecule has 26 heavy (non-hydrogen) atoms. The van der Waals surface area contributed by atoms with Crippen LogP contribution in [0.2, 0.25) is 0 Å². The Bertz CT molecular complexity index is 911. The Morgan fingerprint density at radius 1 is 1.31 bits per heavy atom. The van der Waals surface area contributed by atoms with E-state index in [0.717, 1.165) is 54.4 Å². The van der Waals surface area contributed by atoms with E-state index in [1.54, 1.807) is 6.20 Å². The zero-order valence-corrected chi connectivity index (χ0v) is 15.4. The van der Waals surface area contributed by atoms with Gasteiger partial charge >= 0.3 is 0 Å². The molecule has 2 aromatic heterocycles. The van der Waals surface area contributed by atoms with Crippen molar-refractivity contribution in [2.45, 2.75) is 52.1 Å². The first kappa shape index (κ1) is 16.9. The third-order valence-corrected chi connectivity index (χ3v) is 5.43. The number of hydrogen-bond donors (Lipinski definition) is 0. The van der Waals surface area contributed by atoms with Crippen LogP contribution in [0.3, 0.4) is 0 Å². The van der Waals surface area contributed by atoms with Crippen LogP contribution in [0, 0.1) is 13.8 Å². The van der Waals surface area contributed by atoms with E-state index in [9.17, 15) is 4.79 Å². The Kier molecular flexibility index (Phi) is 4.53. The molecule has 5 heteroatoms. The van der Waals surface area contributed by atoms with Crippen LogP contribution in [0.4, 0.5) is 0 Å². The molecule has 1 aromatic carbocycles. The number of likely N-dealkylation sites (tertiary alicyclic amines) is 1. The van der Waals surface area contributed by atoms with E-state index in [2.05, 4.69) is 11.2 Å². The molecule has 1 atom stereocenters. The van der Waals surface area contributed by atoms with Gasteiger partial charge in [0, 0.05) is 42.5 Å². The fraction of sp³-hybridized carbons (Fsp3) is 0.429. The fourth-order valence-electron chi connectivity index (χ4n) is 3.95.